The average molecular weight is 142 g/mol. The van der Waals surface area contributed by atoms with Gasteiger partial charge in [-0.15, -0.1) is 0 Å². The van der Waals surface area contributed by atoms with Gasteiger partial charge in [0.2, 0.25) is 0 Å². The Hall–Kier alpha value is -0.630. The molecule has 0 amide bonds. The maximum absolute atomic E-state index is 11.1. The highest BCUT2D eigenvalue weighted by molar-refractivity contribution is 5.97. The Labute approximate surface area is 61.9 Å². The van der Waals surface area contributed by atoms with E-state index in [-0.39, 0.29) is 11.9 Å². The number of hydrogen-bond acceptors (Lipinski definition) is 2. The number of Topliss-reactive ketones (excluding diaryl/α,β-unsaturated/α-hetero) is 1. The average Bonchev–Trinajstić information content (AvgIpc) is 1.90. The minimum Gasteiger partial charge on any atom is -0.373 e. The maximum Gasteiger partial charge on any atom is 0.186 e. The van der Waals surface area contributed by atoms with Crippen molar-refractivity contribution in [3.05, 3.63) is 12.2 Å². The fourth-order valence-corrected chi connectivity index (χ4v) is 0.734. The third kappa shape index (κ3) is 2.31. The molecule has 0 aliphatic carbocycles. The van der Waals surface area contributed by atoms with Crippen LogP contribution in [0.2, 0.25) is 0 Å². The number of ketones is 1. The molecule has 10 heavy (non-hydrogen) atoms. The number of hydrogen-bond donors (Lipinski definition) is 0. The lowest BCUT2D eigenvalue weighted by atomic mass is 10.1. The van der Waals surface area contributed by atoms with Crippen molar-refractivity contribution in [3.8, 4) is 0 Å². The summed E-state index contributed by atoms with van der Waals surface area (Å²) < 4.78 is 4.91. The first-order valence-corrected chi connectivity index (χ1v) is 3.36. The quantitative estimate of drug-likeness (QED) is 0.557. The molecule has 0 spiro atoms. The molecule has 0 saturated heterocycles. The smallest absolute Gasteiger partial charge is 0.186 e. The molecule has 0 N–H and O–H groups in total. The summed E-state index contributed by atoms with van der Waals surface area (Å²) >= 11 is 0. The summed E-state index contributed by atoms with van der Waals surface area (Å²) in [5.74, 6) is 0.00463. The maximum atomic E-state index is 11.1. The second-order valence-electron chi connectivity index (χ2n) is 2.28. The van der Waals surface area contributed by atoms with Crippen molar-refractivity contribution in [2.45, 2.75) is 26.4 Å². The molecular formula is C8H14O2. The minimum atomic E-state index is -0.294. The molecule has 0 aromatic rings. The van der Waals surface area contributed by atoms with Gasteiger partial charge >= 0.3 is 0 Å². The zero-order valence-electron chi connectivity index (χ0n) is 6.81. The van der Waals surface area contributed by atoms with E-state index >= 15 is 0 Å². The second-order valence-corrected chi connectivity index (χ2v) is 2.28. The van der Waals surface area contributed by atoms with Crippen molar-refractivity contribution in [1.82, 2.24) is 0 Å². The normalized spacial score (nSPS) is 12.7. The molecule has 0 heterocycles. The molecule has 1 atom stereocenters. The molecule has 0 fully saturated rings. The van der Waals surface area contributed by atoms with E-state index in [4.69, 9.17) is 4.74 Å². The molecule has 0 rings (SSSR count). The van der Waals surface area contributed by atoms with Crippen molar-refractivity contribution in [1.29, 1.82) is 0 Å². The van der Waals surface area contributed by atoms with Crippen molar-refractivity contribution in [2.24, 2.45) is 0 Å². The fraction of sp³-hybridized carbons (Fsp3) is 0.625. The zero-order valence-corrected chi connectivity index (χ0v) is 6.81. The number of rotatable bonds is 4. The summed E-state index contributed by atoms with van der Waals surface area (Å²) in [6.45, 7) is 7.15. The molecular weight excluding hydrogens is 128 g/mol. The van der Waals surface area contributed by atoms with Crippen LogP contribution in [0, 0.1) is 0 Å². The van der Waals surface area contributed by atoms with Gasteiger partial charge in [-0.2, -0.15) is 0 Å². The first-order chi connectivity index (χ1) is 4.63. The molecule has 0 saturated carbocycles. The van der Waals surface area contributed by atoms with E-state index in [0.717, 1.165) is 0 Å². The SMILES string of the molecule is C=C(C)C(=O)C(CC)OC. The van der Waals surface area contributed by atoms with E-state index in [2.05, 4.69) is 6.58 Å². The van der Waals surface area contributed by atoms with Gasteiger partial charge in [-0.25, -0.2) is 0 Å². The van der Waals surface area contributed by atoms with Crippen LogP contribution in [0.25, 0.3) is 0 Å². The first kappa shape index (κ1) is 9.37. The van der Waals surface area contributed by atoms with Gasteiger partial charge in [-0.05, 0) is 18.9 Å². The largest absolute Gasteiger partial charge is 0.373 e. The zero-order chi connectivity index (χ0) is 8.15. The van der Waals surface area contributed by atoms with Crippen molar-refractivity contribution >= 4 is 5.78 Å². The topological polar surface area (TPSA) is 26.3 Å². The molecule has 0 radical (unpaired) electrons. The number of methoxy groups -OCH3 is 1. The van der Waals surface area contributed by atoms with Crippen LogP contribution in [0.5, 0.6) is 0 Å². The molecule has 0 aliphatic heterocycles. The van der Waals surface area contributed by atoms with Gasteiger partial charge in [-0.3, -0.25) is 4.79 Å². The van der Waals surface area contributed by atoms with Gasteiger partial charge in [0, 0.05) is 7.11 Å². The Morgan fingerprint density at radius 1 is 1.70 bits per heavy atom. The lowest BCUT2D eigenvalue weighted by molar-refractivity contribution is -0.125. The van der Waals surface area contributed by atoms with Gasteiger partial charge in [0.15, 0.2) is 5.78 Å². The molecule has 0 aliphatic rings. The van der Waals surface area contributed by atoms with E-state index in [1.165, 1.54) is 7.11 Å². The van der Waals surface area contributed by atoms with Crippen LogP contribution in [0.4, 0.5) is 0 Å². The van der Waals surface area contributed by atoms with Gasteiger partial charge in [0.1, 0.15) is 6.10 Å². The number of carbonyl (C=O) groups excluding carboxylic acids is 1. The van der Waals surface area contributed by atoms with Crippen LogP contribution in [-0.4, -0.2) is 19.0 Å². The highest BCUT2D eigenvalue weighted by Gasteiger charge is 2.14. The van der Waals surface area contributed by atoms with Crippen LogP contribution in [0.1, 0.15) is 20.3 Å². The third-order valence-electron chi connectivity index (χ3n) is 1.37. The van der Waals surface area contributed by atoms with Crippen molar-refractivity contribution in [3.63, 3.8) is 0 Å². The molecule has 2 nitrogen and oxygen atoms in total. The van der Waals surface area contributed by atoms with Gasteiger partial charge in [0.25, 0.3) is 0 Å². The lowest BCUT2D eigenvalue weighted by Gasteiger charge is -2.10. The lowest BCUT2D eigenvalue weighted by Crippen LogP contribution is -2.22. The monoisotopic (exact) mass is 142 g/mol. The number of carbonyl (C=O) groups is 1. The van der Waals surface area contributed by atoms with Crippen LogP contribution in [0.15, 0.2) is 12.2 Å². The second kappa shape index (κ2) is 4.23. The van der Waals surface area contributed by atoms with Crippen molar-refractivity contribution in [2.75, 3.05) is 7.11 Å². The van der Waals surface area contributed by atoms with Gasteiger partial charge in [-0.1, -0.05) is 13.5 Å². The minimum absolute atomic E-state index is 0.00463. The first-order valence-electron chi connectivity index (χ1n) is 3.36. The summed E-state index contributed by atoms with van der Waals surface area (Å²) in [7, 11) is 1.54. The Morgan fingerprint density at radius 3 is 2.30 bits per heavy atom. The van der Waals surface area contributed by atoms with E-state index < -0.39 is 0 Å². The molecule has 0 bridgehead atoms. The van der Waals surface area contributed by atoms with E-state index in [1.54, 1.807) is 6.92 Å². The molecule has 1 unspecified atom stereocenters. The fourth-order valence-electron chi connectivity index (χ4n) is 0.734. The highest BCUT2D eigenvalue weighted by atomic mass is 16.5. The van der Waals surface area contributed by atoms with E-state index in [0.29, 0.717) is 12.0 Å². The van der Waals surface area contributed by atoms with Crippen LogP contribution < -0.4 is 0 Å². The Morgan fingerprint density at radius 2 is 2.20 bits per heavy atom. The van der Waals surface area contributed by atoms with E-state index in [9.17, 15) is 4.79 Å². The number of ether oxygens (including phenoxy) is 1. The van der Waals surface area contributed by atoms with Crippen LogP contribution >= 0.6 is 0 Å². The summed E-state index contributed by atoms with van der Waals surface area (Å²) in [6, 6.07) is 0. The Kier molecular flexibility index (Phi) is 3.96. The summed E-state index contributed by atoms with van der Waals surface area (Å²) in [4.78, 5) is 11.1. The van der Waals surface area contributed by atoms with E-state index in [1.807, 2.05) is 6.92 Å². The summed E-state index contributed by atoms with van der Waals surface area (Å²) in [5, 5.41) is 0. The molecule has 0 aromatic heterocycles. The van der Waals surface area contributed by atoms with Gasteiger partial charge in [0.05, 0.1) is 0 Å². The molecule has 58 valence electrons. The Bertz CT molecular complexity index is 134. The predicted molar refractivity (Wildman–Crippen MR) is 40.9 cm³/mol. The van der Waals surface area contributed by atoms with Gasteiger partial charge < -0.3 is 4.74 Å². The predicted octanol–water partition coefficient (Wildman–Crippen LogP) is 1.56. The van der Waals surface area contributed by atoms with Crippen LogP contribution in [0.3, 0.4) is 0 Å². The molecule has 2 heteroatoms. The Balaban J connectivity index is 4.02. The standard InChI is InChI=1S/C8H14O2/c1-5-7(10-4)8(9)6(2)3/h7H,2,5H2,1,3-4H3. The van der Waals surface area contributed by atoms with Crippen LogP contribution in [-0.2, 0) is 9.53 Å². The van der Waals surface area contributed by atoms with Crippen molar-refractivity contribution < 1.29 is 9.53 Å². The summed E-state index contributed by atoms with van der Waals surface area (Å²) in [6.07, 6.45) is 0.417. The third-order valence-corrected chi connectivity index (χ3v) is 1.37. The molecule has 0 aromatic carbocycles. The highest BCUT2D eigenvalue weighted by Crippen LogP contribution is 2.03. The summed E-state index contributed by atoms with van der Waals surface area (Å²) in [5.41, 5.74) is 0.564.